The van der Waals surface area contributed by atoms with Gasteiger partial charge in [-0.15, -0.1) is 0 Å². The van der Waals surface area contributed by atoms with Crippen molar-refractivity contribution in [3.8, 4) is 0 Å². The lowest BCUT2D eigenvalue weighted by Crippen LogP contribution is -2.45. The molecular formula is C42H60Cl2N6O6. The number of carbonyl (C=O) groups is 2. The molecule has 2 saturated heterocycles. The molecule has 2 fully saturated rings. The number of H-pyrrole nitrogens is 2. The molecule has 2 amide bonds. The minimum absolute atomic E-state index is 0.262. The molecule has 2 aromatic carbocycles. The number of nitrogens with one attached hydrogen (secondary N) is 2. The highest BCUT2D eigenvalue weighted by atomic mass is 35.5. The molecule has 4 heterocycles. The number of hydrogen-bond donors (Lipinski definition) is 4. The number of carbonyl (C=O) groups excluding carboxylic acids is 2. The third-order valence-corrected chi connectivity index (χ3v) is 11.9. The van der Waals surface area contributed by atoms with E-state index in [1.54, 1.807) is 22.2 Å². The number of aliphatic hydroxyl groups excluding tert-OH is 2. The third-order valence-electron chi connectivity index (χ3n) is 11.5. The van der Waals surface area contributed by atoms with Gasteiger partial charge in [0.05, 0.1) is 35.6 Å². The number of benzene rings is 2. The van der Waals surface area contributed by atoms with Crippen LogP contribution in [0, 0.1) is 22.7 Å². The van der Waals surface area contributed by atoms with Gasteiger partial charge in [-0.05, 0) is 114 Å². The molecule has 14 heteroatoms. The lowest BCUT2D eigenvalue weighted by atomic mass is 9.68. The molecule has 0 bridgehead atoms. The topological polar surface area (TPSA) is 157 Å². The Morgan fingerprint density at radius 1 is 0.643 bits per heavy atom. The molecule has 0 radical (unpaired) electrons. The zero-order chi connectivity index (χ0) is 41.4. The molecule has 4 N–H and O–H groups in total. The van der Waals surface area contributed by atoms with Crippen LogP contribution >= 0.6 is 23.2 Å². The predicted octanol–water partition coefficient (Wildman–Crippen LogP) is 9.85. The van der Waals surface area contributed by atoms with E-state index in [9.17, 15) is 19.8 Å². The van der Waals surface area contributed by atoms with Crippen molar-refractivity contribution in [2.75, 3.05) is 26.2 Å². The van der Waals surface area contributed by atoms with Gasteiger partial charge in [0, 0.05) is 58.1 Å². The van der Waals surface area contributed by atoms with E-state index in [4.69, 9.17) is 32.7 Å². The summed E-state index contributed by atoms with van der Waals surface area (Å²) >= 11 is 12.5. The third kappa shape index (κ3) is 10.1. The number of hydrogen-bond acceptors (Lipinski definition) is 8. The average Bonchev–Trinajstić information content (AvgIpc) is 3.79. The Balaban J connectivity index is 0.000000214. The number of piperidine rings is 2. The highest BCUT2D eigenvalue weighted by Crippen LogP contribution is 2.48. The molecule has 0 unspecified atom stereocenters. The number of aromatic amines is 2. The van der Waals surface area contributed by atoms with Crippen molar-refractivity contribution in [3.05, 3.63) is 57.8 Å². The summed E-state index contributed by atoms with van der Waals surface area (Å²) in [7, 11) is 0. The Kier molecular flexibility index (Phi) is 13.0. The van der Waals surface area contributed by atoms with Crippen LogP contribution in [0.5, 0.6) is 0 Å². The van der Waals surface area contributed by atoms with Crippen molar-refractivity contribution in [1.29, 1.82) is 0 Å². The number of nitrogens with zero attached hydrogens (tertiary/aromatic N) is 4. The second-order valence-corrected chi connectivity index (χ2v) is 19.5. The maximum absolute atomic E-state index is 12.3. The minimum Gasteiger partial charge on any atom is -0.444 e. The van der Waals surface area contributed by atoms with Gasteiger partial charge in [-0.25, -0.2) is 9.59 Å². The highest BCUT2D eigenvalue weighted by Gasteiger charge is 2.42. The monoisotopic (exact) mass is 814 g/mol. The molecule has 2 aliphatic heterocycles. The number of rotatable bonds is 6. The SMILES string of the molecule is CC(C)(C)OC(=O)N1CCC(C(C)(C)[C@@H](O)c2cc(Cl)cc3cn[nH]c23)CC1.CC(C)(C)OC(=O)N1CCC(C(C)(C)[C@H](O)c2cc(Cl)cc3cn[nH]c23)CC1. The van der Waals surface area contributed by atoms with Crippen LogP contribution in [0.3, 0.4) is 0 Å². The molecular weight excluding hydrogens is 755 g/mol. The number of aromatic nitrogens is 4. The molecule has 2 aliphatic rings. The van der Waals surface area contributed by atoms with E-state index in [0.29, 0.717) is 36.2 Å². The molecule has 4 aromatic rings. The fraction of sp³-hybridized carbons (Fsp3) is 0.619. The molecule has 0 spiro atoms. The van der Waals surface area contributed by atoms with Gasteiger partial charge in [0.15, 0.2) is 0 Å². The molecule has 0 aliphatic carbocycles. The predicted molar refractivity (Wildman–Crippen MR) is 221 cm³/mol. The smallest absolute Gasteiger partial charge is 0.410 e. The van der Waals surface area contributed by atoms with Crippen LogP contribution in [0.25, 0.3) is 21.8 Å². The lowest BCUT2D eigenvalue weighted by molar-refractivity contribution is -0.0258. The summed E-state index contributed by atoms with van der Waals surface area (Å²) in [5.41, 5.74) is 1.40. The van der Waals surface area contributed by atoms with Crippen LogP contribution in [0.1, 0.15) is 118 Å². The van der Waals surface area contributed by atoms with Crippen LogP contribution in [0.2, 0.25) is 10.0 Å². The summed E-state index contributed by atoms with van der Waals surface area (Å²) in [5, 5.41) is 39.6. The maximum atomic E-state index is 12.3. The van der Waals surface area contributed by atoms with Crippen molar-refractivity contribution in [2.45, 2.75) is 118 Å². The molecule has 56 heavy (non-hydrogen) atoms. The number of halogens is 2. The summed E-state index contributed by atoms with van der Waals surface area (Å²) < 4.78 is 11.0. The first kappa shape index (κ1) is 43.5. The Hall–Kier alpha value is -3.58. The van der Waals surface area contributed by atoms with Crippen LogP contribution in [-0.4, -0.2) is 90.0 Å². The summed E-state index contributed by atoms with van der Waals surface area (Å²) in [6.45, 7) is 22.1. The van der Waals surface area contributed by atoms with E-state index >= 15 is 0 Å². The summed E-state index contributed by atoms with van der Waals surface area (Å²) in [4.78, 5) is 28.1. The van der Waals surface area contributed by atoms with E-state index in [2.05, 4.69) is 48.1 Å². The Morgan fingerprint density at radius 2 is 0.964 bits per heavy atom. The fourth-order valence-electron chi connectivity index (χ4n) is 8.04. The van der Waals surface area contributed by atoms with Gasteiger partial charge in [0.25, 0.3) is 0 Å². The molecule has 2 atom stereocenters. The van der Waals surface area contributed by atoms with Crippen molar-refractivity contribution < 1.29 is 29.3 Å². The van der Waals surface area contributed by atoms with Gasteiger partial charge >= 0.3 is 12.2 Å². The van der Waals surface area contributed by atoms with Gasteiger partial charge in [0.1, 0.15) is 11.2 Å². The van der Waals surface area contributed by atoms with Gasteiger partial charge < -0.3 is 29.5 Å². The quantitative estimate of drug-likeness (QED) is 0.150. The van der Waals surface area contributed by atoms with Crippen molar-refractivity contribution >= 4 is 57.2 Å². The average molecular weight is 816 g/mol. The first-order valence-electron chi connectivity index (χ1n) is 19.5. The lowest BCUT2D eigenvalue weighted by Gasteiger charge is -2.43. The van der Waals surface area contributed by atoms with Crippen LogP contribution in [0.4, 0.5) is 9.59 Å². The second-order valence-electron chi connectivity index (χ2n) is 18.6. The first-order valence-corrected chi connectivity index (χ1v) is 20.3. The Labute approximate surface area is 340 Å². The second kappa shape index (κ2) is 16.7. The molecule has 12 nitrogen and oxygen atoms in total. The number of aliphatic hydroxyl groups is 2. The van der Waals surface area contributed by atoms with E-state index in [0.717, 1.165) is 58.6 Å². The van der Waals surface area contributed by atoms with E-state index in [1.165, 1.54) is 0 Å². The van der Waals surface area contributed by atoms with E-state index in [-0.39, 0.29) is 34.9 Å². The zero-order valence-corrected chi connectivity index (χ0v) is 36.0. The molecule has 6 rings (SSSR count). The molecule has 2 aromatic heterocycles. The number of fused-ring (bicyclic) bond motifs is 2. The standard InChI is InChI=1S/2C21H30ClN3O3/c2*1-20(2,3)28-19(27)25-8-6-14(7-9-25)21(4,5)18(26)16-11-15(22)10-13-12-23-24-17(13)16/h2*10-12,14,18,26H,6-9H2,1-5H3,(H,23,24)/t2*18-/m10/s1. The molecule has 308 valence electrons. The van der Waals surface area contributed by atoms with Crippen molar-refractivity contribution in [1.82, 2.24) is 30.2 Å². The number of amides is 2. The van der Waals surface area contributed by atoms with Crippen LogP contribution in [-0.2, 0) is 9.47 Å². The van der Waals surface area contributed by atoms with Crippen molar-refractivity contribution in [2.24, 2.45) is 22.7 Å². The maximum Gasteiger partial charge on any atom is 0.410 e. The van der Waals surface area contributed by atoms with Gasteiger partial charge in [0.2, 0.25) is 0 Å². The number of ether oxygens (including phenoxy) is 2. The molecule has 0 saturated carbocycles. The largest absolute Gasteiger partial charge is 0.444 e. The van der Waals surface area contributed by atoms with Gasteiger partial charge in [-0.2, -0.15) is 10.2 Å². The van der Waals surface area contributed by atoms with E-state index < -0.39 is 23.4 Å². The Bertz CT molecular complexity index is 1840. The van der Waals surface area contributed by atoms with Crippen molar-refractivity contribution in [3.63, 3.8) is 0 Å². The fourth-order valence-corrected chi connectivity index (χ4v) is 8.51. The minimum atomic E-state index is -0.702. The van der Waals surface area contributed by atoms with Gasteiger partial charge in [-0.3, -0.25) is 10.2 Å². The Morgan fingerprint density at radius 3 is 1.27 bits per heavy atom. The normalized spacial score (nSPS) is 17.8. The van der Waals surface area contributed by atoms with Crippen LogP contribution in [0.15, 0.2) is 36.7 Å². The zero-order valence-electron chi connectivity index (χ0n) is 34.5. The highest BCUT2D eigenvalue weighted by molar-refractivity contribution is 6.31. The van der Waals surface area contributed by atoms with Crippen LogP contribution < -0.4 is 0 Å². The van der Waals surface area contributed by atoms with Gasteiger partial charge in [-0.1, -0.05) is 50.9 Å². The summed E-state index contributed by atoms with van der Waals surface area (Å²) in [6.07, 6.45) is 4.75. The van der Waals surface area contributed by atoms with E-state index in [1.807, 2.05) is 65.8 Å². The summed E-state index contributed by atoms with van der Waals surface area (Å²) in [5.74, 6) is 0.524. The number of likely N-dealkylation sites (tertiary alicyclic amines) is 2. The summed E-state index contributed by atoms with van der Waals surface area (Å²) in [6, 6.07) is 7.29. The first-order chi connectivity index (χ1) is 26.0.